The van der Waals surface area contributed by atoms with Gasteiger partial charge in [-0.3, -0.25) is 9.69 Å². The SMILES string of the molecule is CCn1c(-c2cnc(C)nc2)nc2c(-c3cnc4c(c3)C(C)(N3CC(C)(C#N)C3)C(=O)N4)ncnc21. The third-order valence-corrected chi connectivity index (χ3v) is 7.23. The van der Waals surface area contributed by atoms with E-state index in [-0.39, 0.29) is 5.91 Å². The molecule has 1 atom stereocenters. The summed E-state index contributed by atoms with van der Waals surface area (Å²) < 4.78 is 2.01. The molecule has 11 heteroatoms. The molecular formula is C25H24N10O. The lowest BCUT2D eigenvalue weighted by Gasteiger charge is -2.50. The fourth-order valence-corrected chi connectivity index (χ4v) is 5.09. The molecular weight excluding hydrogens is 456 g/mol. The maximum Gasteiger partial charge on any atom is 0.250 e. The van der Waals surface area contributed by atoms with Crippen molar-refractivity contribution in [1.29, 1.82) is 5.26 Å². The number of carbonyl (C=O) groups is 1. The molecule has 0 aliphatic carbocycles. The van der Waals surface area contributed by atoms with Crippen LogP contribution in [-0.2, 0) is 16.9 Å². The Bertz CT molecular complexity index is 1580. The van der Waals surface area contributed by atoms with Gasteiger partial charge >= 0.3 is 0 Å². The van der Waals surface area contributed by atoms with Crippen molar-refractivity contribution in [3.63, 3.8) is 0 Å². The summed E-state index contributed by atoms with van der Waals surface area (Å²) in [6.45, 7) is 9.34. The number of pyridine rings is 1. The first-order valence-electron chi connectivity index (χ1n) is 11.8. The van der Waals surface area contributed by atoms with Gasteiger partial charge in [0.1, 0.15) is 40.5 Å². The summed E-state index contributed by atoms with van der Waals surface area (Å²) in [6, 6.07) is 4.30. The van der Waals surface area contributed by atoms with Crippen molar-refractivity contribution in [2.45, 2.75) is 39.8 Å². The first-order valence-corrected chi connectivity index (χ1v) is 11.8. The third kappa shape index (κ3) is 3.04. The molecule has 1 unspecified atom stereocenters. The van der Waals surface area contributed by atoms with Gasteiger partial charge in [-0.15, -0.1) is 0 Å². The van der Waals surface area contributed by atoms with E-state index in [4.69, 9.17) is 4.98 Å². The normalized spacial score (nSPS) is 20.6. The van der Waals surface area contributed by atoms with Crippen molar-refractivity contribution in [3.8, 4) is 28.7 Å². The number of amides is 1. The monoisotopic (exact) mass is 480 g/mol. The van der Waals surface area contributed by atoms with Crippen LogP contribution in [0, 0.1) is 23.7 Å². The van der Waals surface area contributed by atoms with Crippen molar-refractivity contribution in [2.75, 3.05) is 18.4 Å². The lowest BCUT2D eigenvalue weighted by molar-refractivity contribution is -0.134. The van der Waals surface area contributed by atoms with E-state index in [1.54, 1.807) is 18.6 Å². The number of hydrogen-bond donors (Lipinski definition) is 1. The van der Waals surface area contributed by atoms with Crippen LogP contribution in [0.4, 0.5) is 5.82 Å². The number of carbonyl (C=O) groups excluding carboxylic acids is 1. The third-order valence-electron chi connectivity index (χ3n) is 7.23. The first kappa shape index (κ1) is 22.2. The molecule has 180 valence electrons. The standard InChI is InChI=1S/C25H24N10O/c1-5-35-21(16-8-27-14(2)28-9-16)32-19-18(30-13-31-22(19)35)15-6-17-20(29-7-15)33-23(36)25(17,4)34-11-24(3,10-26)12-34/h6-9,13H,5,11-12H2,1-4H3,(H,29,33,36). The van der Waals surface area contributed by atoms with E-state index in [1.165, 1.54) is 6.33 Å². The molecule has 0 aromatic carbocycles. The van der Waals surface area contributed by atoms with Crippen LogP contribution in [0.15, 0.2) is 31.0 Å². The van der Waals surface area contributed by atoms with Gasteiger partial charge in [0.05, 0.1) is 17.0 Å². The first-order chi connectivity index (χ1) is 17.3. The summed E-state index contributed by atoms with van der Waals surface area (Å²) >= 11 is 0. The van der Waals surface area contributed by atoms with Gasteiger partial charge < -0.3 is 9.88 Å². The number of fused-ring (bicyclic) bond motifs is 2. The minimum Gasteiger partial charge on any atom is -0.309 e. The zero-order chi connectivity index (χ0) is 25.2. The van der Waals surface area contributed by atoms with Crippen LogP contribution in [0.3, 0.4) is 0 Å². The fourth-order valence-electron chi connectivity index (χ4n) is 5.09. The second-order valence-electron chi connectivity index (χ2n) is 9.77. The molecule has 36 heavy (non-hydrogen) atoms. The highest BCUT2D eigenvalue weighted by Gasteiger charge is 2.55. The molecule has 0 saturated carbocycles. The summed E-state index contributed by atoms with van der Waals surface area (Å²) in [7, 11) is 0. The van der Waals surface area contributed by atoms with E-state index in [9.17, 15) is 10.1 Å². The highest BCUT2D eigenvalue weighted by atomic mass is 16.2. The number of imidazole rings is 1. The summed E-state index contributed by atoms with van der Waals surface area (Å²) in [4.78, 5) is 42.3. The zero-order valence-corrected chi connectivity index (χ0v) is 20.4. The molecule has 11 nitrogen and oxygen atoms in total. The quantitative estimate of drug-likeness (QED) is 0.467. The van der Waals surface area contributed by atoms with E-state index in [2.05, 4.69) is 36.3 Å². The van der Waals surface area contributed by atoms with E-state index >= 15 is 0 Å². The van der Waals surface area contributed by atoms with Crippen molar-refractivity contribution in [3.05, 3.63) is 42.4 Å². The van der Waals surface area contributed by atoms with Crippen LogP contribution in [0.1, 0.15) is 32.2 Å². The van der Waals surface area contributed by atoms with Crippen LogP contribution in [0.25, 0.3) is 33.8 Å². The average Bonchev–Trinajstić information content (AvgIpc) is 3.37. The van der Waals surface area contributed by atoms with Crippen LogP contribution >= 0.6 is 0 Å². The maximum absolute atomic E-state index is 13.1. The lowest BCUT2D eigenvalue weighted by atomic mass is 9.77. The Kier molecular flexibility index (Phi) is 4.68. The predicted octanol–water partition coefficient (Wildman–Crippen LogP) is 2.69. The topological polar surface area (TPSA) is 138 Å². The molecule has 1 saturated heterocycles. The molecule has 2 aliphatic rings. The smallest absolute Gasteiger partial charge is 0.250 e. The van der Waals surface area contributed by atoms with Crippen LogP contribution in [0.2, 0.25) is 0 Å². The number of nitrogens with zero attached hydrogens (tertiary/aromatic N) is 9. The molecule has 6 heterocycles. The number of rotatable bonds is 4. The van der Waals surface area contributed by atoms with Crippen molar-refractivity contribution in [2.24, 2.45) is 5.41 Å². The Hall–Kier alpha value is -4.30. The summed E-state index contributed by atoms with van der Waals surface area (Å²) in [5.74, 6) is 1.78. The molecule has 0 radical (unpaired) electrons. The van der Waals surface area contributed by atoms with Gasteiger partial charge in [-0.05, 0) is 33.8 Å². The summed E-state index contributed by atoms with van der Waals surface area (Å²) in [5, 5.41) is 12.4. The summed E-state index contributed by atoms with van der Waals surface area (Å²) in [6.07, 6.45) is 6.72. The molecule has 1 N–H and O–H groups in total. The molecule has 1 fully saturated rings. The predicted molar refractivity (Wildman–Crippen MR) is 131 cm³/mol. The Morgan fingerprint density at radius 3 is 2.50 bits per heavy atom. The molecule has 4 aromatic rings. The van der Waals surface area contributed by atoms with Crippen molar-refractivity contribution in [1.82, 2.24) is 39.4 Å². The zero-order valence-electron chi connectivity index (χ0n) is 20.4. The Morgan fingerprint density at radius 2 is 1.81 bits per heavy atom. The number of nitrogens with one attached hydrogen (secondary N) is 1. The number of likely N-dealkylation sites (tertiary alicyclic amines) is 1. The Labute approximate surface area is 207 Å². The molecule has 6 rings (SSSR count). The highest BCUT2D eigenvalue weighted by molar-refractivity contribution is 6.05. The number of hydrogen-bond acceptors (Lipinski definition) is 9. The summed E-state index contributed by atoms with van der Waals surface area (Å²) in [5.41, 5.74) is 2.87. The van der Waals surface area contributed by atoms with E-state index < -0.39 is 11.0 Å². The Balaban J connectivity index is 1.47. The van der Waals surface area contributed by atoms with Gasteiger partial charge in [-0.25, -0.2) is 29.9 Å². The van der Waals surface area contributed by atoms with Crippen molar-refractivity contribution >= 4 is 22.9 Å². The van der Waals surface area contributed by atoms with E-state index in [0.717, 1.165) is 16.7 Å². The molecule has 1 amide bonds. The van der Waals surface area contributed by atoms with Gasteiger partial charge in [0, 0.05) is 49.4 Å². The molecule has 4 aromatic heterocycles. The maximum atomic E-state index is 13.1. The Morgan fingerprint density at radius 1 is 1.08 bits per heavy atom. The van der Waals surface area contributed by atoms with Gasteiger partial charge in [-0.2, -0.15) is 5.26 Å². The largest absolute Gasteiger partial charge is 0.309 e. The second kappa shape index (κ2) is 7.60. The number of nitriles is 1. The minimum atomic E-state index is -0.923. The highest BCUT2D eigenvalue weighted by Crippen LogP contribution is 2.46. The van der Waals surface area contributed by atoms with Gasteiger partial charge in [0.2, 0.25) is 0 Å². The van der Waals surface area contributed by atoms with Gasteiger partial charge in [-0.1, -0.05) is 0 Å². The molecule has 0 spiro atoms. The van der Waals surface area contributed by atoms with Crippen LogP contribution < -0.4 is 5.32 Å². The van der Waals surface area contributed by atoms with Gasteiger partial charge in [0.25, 0.3) is 5.91 Å². The van der Waals surface area contributed by atoms with Crippen LogP contribution in [-0.4, -0.2) is 58.4 Å². The van der Waals surface area contributed by atoms with E-state index in [0.29, 0.717) is 54.0 Å². The number of aromatic nitrogens is 7. The second-order valence-corrected chi connectivity index (χ2v) is 9.77. The fraction of sp³-hybridized carbons (Fsp3) is 0.360. The minimum absolute atomic E-state index is 0.146. The molecule has 0 bridgehead atoms. The van der Waals surface area contributed by atoms with Crippen LogP contribution in [0.5, 0.6) is 0 Å². The lowest BCUT2D eigenvalue weighted by Crippen LogP contribution is -2.63. The van der Waals surface area contributed by atoms with Gasteiger partial charge in [0.15, 0.2) is 5.65 Å². The van der Waals surface area contributed by atoms with E-state index in [1.807, 2.05) is 43.2 Å². The van der Waals surface area contributed by atoms with Crippen molar-refractivity contribution < 1.29 is 4.79 Å². The molecule has 2 aliphatic heterocycles. The number of anilines is 1. The average molecular weight is 481 g/mol. The number of aryl methyl sites for hydroxylation is 2.